The van der Waals surface area contributed by atoms with Crippen molar-refractivity contribution in [3.63, 3.8) is 0 Å². The monoisotopic (exact) mass is 487 g/mol. The Kier molecular flexibility index (Phi) is 8.04. The van der Waals surface area contributed by atoms with Gasteiger partial charge in [-0.3, -0.25) is 9.48 Å². The van der Waals surface area contributed by atoms with Crippen molar-refractivity contribution in [2.24, 2.45) is 7.05 Å². The van der Waals surface area contributed by atoms with Crippen LogP contribution >= 0.6 is 0 Å². The molecule has 0 aliphatic carbocycles. The average molecular weight is 487 g/mol. The lowest BCUT2D eigenvalue weighted by Crippen LogP contribution is -2.32. The van der Waals surface area contributed by atoms with Crippen LogP contribution in [0.1, 0.15) is 35.4 Å². The number of urea groups is 1. The molecule has 4 N–H and O–H groups in total. The first kappa shape index (κ1) is 25.0. The van der Waals surface area contributed by atoms with Crippen LogP contribution in [0.15, 0.2) is 36.5 Å². The van der Waals surface area contributed by atoms with Crippen molar-refractivity contribution >= 4 is 48.4 Å². The van der Waals surface area contributed by atoms with Crippen molar-refractivity contribution in [2.45, 2.75) is 26.2 Å². The number of aromatic nitrogens is 4. The van der Waals surface area contributed by atoms with Gasteiger partial charge in [0.25, 0.3) is 5.91 Å². The molecule has 4 rings (SSSR count). The maximum absolute atomic E-state index is 12.4. The lowest BCUT2D eigenvalue weighted by atomic mass is 9.99. The largest absolute Gasteiger partial charge is 0.370 e. The van der Waals surface area contributed by atoms with Gasteiger partial charge in [0.15, 0.2) is 0 Å². The fourth-order valence-electron chi connectivity index (χ4n) is 3.93. The summed E-state index contributed by atoms with van der Waals surface area (Å²) in [7, 11) is 7.78. The average Bonchev–Trinajstić information content (AvgIpc) is 3.50. The topological polar surface area (TPSA) is 129 Å². The second kappa shape index (κ2) is 11.6. The molecule has 2 radical (unpaired) electrons. The van der Waals surface area contributed by atoms with Crippen LogP contribution in [0.25, 0.3) is 0 Å². The number of carbonyl (C=O) groups excluding carboxylic acids is 2. The standard InChI is InChI=1S/C24H30BN9O2/c1-16-13-20(33(2)32-16)22(35)27-10-6-9-26-21-19(25)15-28-23(31-21)29-17-7-5-8-18(14-17)30-24(36)34-11-3-4-12-34/h5,7-8,13-15H,3-4,6,9-12H2,1-2H3,(H,27,35)(H,30,36)(H2,26,28,29,31). The van der Waals surface area contributed by atoms with Crippen LogP contribution in [0.5, 0.6) is 0 Å². The second-order valence-corrected chi connectivity index (χ2v) is 8.66. The molecule has 186 valence electrons. The highest BCUT2D eigenvalue weighted by atomic mass is 16.2. The summed E-state index contributed by atoms with van der Waals surface area (Å²) in [6.07, 6.45) is 4.29. The van der Waals surface area contributed by atoms with E-state index in [1.807, 2.05) is 36.1 Å². The fraction of sp³-hybridized carbons (Fsp3) is 0.375. The van der Waals surface area contributed by atoms with E-state index in [0.717, 1.165) is 37.3 Å². The van der Waals surface area contributed by atoms with Crippen LogP contribution in [-0.4, -0.2) is 70.6 Å². The molecule has 0 saturated carbocycles. The van der Waals surface area contributed by atoms with Crippen LogP contribution < -0.4 is 26.7 Å². The first-order valence-corrected chi connectivity index (χ1v) is 12.0. The van der Waals surface area contributed by atoms with Gasteiger partial charge in [0.05, 0.1) is 5.69 Å². The summed E-state index contributed by atoms with van der Waals surface area (Å²) in [5.41, 5.74) is 3.16. The molecule has 11 nitrogen and oxygen atoms in total. The summed E-state index contributed by atoms with van der Waals surface area (Å²) >= 11 is 0. The zero-order valence-electron chi connectivity index (χ0n) is 20.5. The number of nitrogens with one attached hydrogen (secondary N) is 4. The Labute approximate surface area is 211 Å². The first-order valence-electron chi connectivity index (χ1n) is 12.0. The molecule has 0 bridgehead atoms. The van der Waals surface area contributed by atoms with Crippen LogP contribution in [0.4, 0.5) is 27.9 Å². The molecule has 36 heavy (non-hydrogen) atoms. The molecule has 0 atom stereocenters. The summed E-state index contributed by atoms with van der Waals surface area (Å²) in [5, 5.41) is 16.3. The molecule has 2 aromatic heterocycles. The van der Waals surface area contributed by atoms with Gasteiger partial charge >= 0.3 is 6.03 Å². The molecule has 3 amide bonds. The Morgan fingerprint density at radius 2 is 1.89 bits per heavy atom. The molecule has 1 fully saturated rings. The van der Waals surface area contributed by atoms with Crippen molar-refractivity contribution in [3.8, 4) is 0 Å². The molecule has 1 saturated heterocycles. The minimum absolute atomic E-state index is 0.0912. The number of amides is 3. The zero-order valence-corrected chi connectivity index (χ0v) is 20.5. The molecule has 1 aliphatic rings. The van der Waals surface area contributed by atoms with E-state index in [2.05, 4.69) is 36.3 Å². The van der Waals surface area contributed by atoms with Crippen molar-refractivity contribution in [2.75, 3.05) is 42.1 Å². The normalized spacial score (nSPS) is 12.9. The Bertz CT molecular complexity index is 1220. The number of benzene rings is 1. The number of aryl methyl sites for hydroxylation is 2. The van der Waals surface area contributed by atoms with Gasteiger partial charge in [-0.15, -0.1) is 0 Å². The van der Waals surface area contributed by atoms with E-state index in [1.165, 1.54) is 6.20 Å². The minimum Gasteiger partial charge on any atom is -0.370 e. The van der Waals surface area contributed by atoms with Crippen LogP contribution in [0.3, 0.4) is 0 Å². The lowest BCUT2D eigenvalue weighted by molar-refractivity contribution is 0.0944. The molecular formula is C24H30BN9O2. The molecule has 1 aliphatic heterocycles. The highest BCUT2D eigenvalue weighted by molar-refractivity contribution is 6.35. The molecule has 0 unspecified atom stereocenters. The predicted molar refractivity (Wildman–Crippen MR) is 140 cm³/mol. The number of hydrogen-bond donors (Lipinski definition) is 4. The van der Waals surface area contributed by atoms with Gasteiger partial charge < -0.3 is 26.2 Å². The van der Waals surface area contributed by atoms with E-state index >= 15 is 0 Å². The van der Waals surface area contributed by atoms with Gasteiger partial charge in [0, 0.05) is 50.8 Å². The quantitative estimate of drug-likeness (QED) is 0.268. The van der Waals surface area contributed by atoms with E-state index in [1.54, 1.807) is 17.8 Å². The summed E-state index contributed by atoms with van der Waals surface area (Å²) < 4.78 is 1.57. The van der Waals surface area contributed by atoms with E-state index in [9.17, 15) is 9.59 Å². The predicted octanol–water partition coefficient (Wildman–Crippen LogP) is 1.92. The third-order valence-corrected chi connectivity index (χ3v) is 5.75. The second-order valence-electron chi connectivity index (χ2n) is 8.66. The SMILES string of the molecule is [B]c1cnc(Nc2cccc(NC(=O)N3CCCC3)c2)nc1NCCCNC(=O)c1cc(C)nn1C. The number of rotatable bonds is 9. The van der Waals surface area contributed by atoms with Crippen LogP contribution in [0.2, 0.25) is 0 Å². The van der Waals surface area contributed by atoms with E-state index in [-0.39, 0.29) is 11.9 Å². The maximum atomic E-state index is 12.4. The molecular weight excluding hydrogens is 457 g/mol. The summed E-state index contributed by atoms with van der Waals surface area (Å²) in [6, 6.07) is 9.04. The van der Waals surface area contributed by atoms with Gasteiger partial charge in [-0.25, -0.2) is 9.78 Å². The van der Waals surface area contributed by atoms with E-state index in [0.29, 0.717) is 48.1 Å². The number of hydrogen-bond acceptors (Lipinski definition) is 7. The molecule has 3 heterocycles. The summed E-state index contributed by atoms with van der Waals surface area (Å²) in [5.74, 6) is 0.708. The number of likely N-dealkylation sites (tertiary alicyclic amines) is 1. The number of nitrogens with zero attached hydrogens (tertiary/aromatic N) is 5. The summed E-state index contributed by atoms with van der Waals surface area (Å²) in [6.45, 7) is 4.47. The molecule has 1 aromatic carbocycles. The van der Waals surface area contributed by atoms with Gasteiger partial charge in [-0.2, -0.15) is 10.1 Å². The molecule has 0 spiro atoms. The van der Waals surface area contributed by atoms with Crippen LogP contribution in [-0.2, 0) is 7.05 Å². The lowest BCUT2D eigenvalue weighted by Gasteiger charge is -2.16. The first-order chi connectivity index (χ1) is 17.4. The van der Waals surface area contributed by atoms with Crippen molar-refractivity contribution < 1.29 is 9.59 Å². The minimum atomic E-state index is -0.162. The highest BCUT2D eigenvalue weighted by Crippen LogP contribution is 2.19. The smallest absolute Gasteiger partial charge is 0.321 e. The molecule has 12 heteroatoms. The third-order valence-electron chi connectivity index (χ3n) is 5.75. The Balaban J connectivity index is 1.27. The van der Waals surface area contributed by atoms with Gasteiger partial charge in [-0.1, -0.05) is 6.07 Å². The number of carbonyl (C=O) groups is 2. The Morgan fingerprint density at radius 1 is 1.11 bits per heavy atom. The van der Waals surface area contributed by atoms with Crippen molar-refractivity contribution in [3.05, 3.63) is 47.9 Å². The zero-order chi connectivity index (χ0) is 25.5. The summed E-state index contributed by atoms with van der Waals surface area (Å²) in [4.78, 5) is 35.2. The van der Waals surface area contributed by atoms with Gasteiger partial charge in [0.2, 0.25) is 5.95 Å². The van der Waals surface area contributed by atoms with Crippen molar-refractivity contribution in [1.82, 2.24) is 30.0 Å². The molecule has 3 aromatic rings. The number of anilines is 4. The van der Waals surface area contributed by atoms with Gasteiger partial charge in [-0.05, 0) is 55.9 Å². The van der Waals surface area contributed by atoms with E-state index < -0.39 is 0 Å². The highest BCUT2D eigenvalue weighted by Gasteiger charge is 2.17. The maximum Gasteiger partial charge on any atom is 0.321 e. The third kappa shape index (κ3) is 6.52. The van der Waals surface area contributed by atoms with Gasteiger partial charge in [0.1, 0.15) is 19.4 Å². The van der Waals surface area contributed by atoms with Crippen molar-refractivity contribution in [1.29, 1.82) is 0 Å². The van der Waals surface area contributed by atoms with Crippen LogP contribution in [0, 0.1) is 6.92 Å². The Hall–Kier alpha value is -4.09. The fourth-order valence-corrected chi connectivity index (χ4v) is 3.93. The van der Waals surface area contributed by atoms with E-state index in [4.69, 9.17) is 7.85 Å². The Morgan fingerprint density at radius 3 is 2.64 bits per heavy atom.